The molecule has 0 spiro atoms. The van der Waals surface area contributed by atoms with Gasteiger partial charge in [-0.15, -0.1) is 0 Å². The number of carbonyl (C=O) groups is 2. The Morgan fingerprint density at radius 2 is 2.10 bits per heavy atom. The molecule has 20 heavy (non-hydrogen) atoms. The van der Waals surface area contributed by atoms with Crippen molar-refractivity contribution in [3.8, 4) is 0 Å². The van der Waals surface area contributed by atoms with Crippen LogP contribution in [0.5, 0.6) is 0 Å². The maximum absolute atomic E-state index is 11.9. The third kappa shape index (κ3) is 4.43. The third-order valence-electron chi connectivity index (χ3n) is 3.74. The fourth-order valence-corrected chi connectivity index (χ4v) is 2.60. The van der Waals surface area contributed by atoms with Crippen LogP contribution in [0.4, 0.5) is 0 Å². The summed E-state index contributed by atoms with van der Waals surface area (Å²) in [7, 11) is 0. The molecule has 0 aromatic rings. The van der Waals surface area contributed by atoms with Crippen LogP contribution in [0.2, 0.25) is 0 Å². The van der Waals surface area contributed by atoms with E-state index in [-0.39, 0.29) is 17.9 Å². The minimum Gasteiger partial charge on any atom is -0.379 e. The number of nitrogens with zero attached hydrogens (tertiary/aromatic N) is 2. The summed E-state index contributed by atoms with van der Waals surface area (Å²) < 4.78 is 5.30. The van der Waals surface area contributed by atoms with Gasteiger partial charge in [0.2, 0.25) is 11.8 Å². The Kier molecular flexibility index (Phi) is 5.75. The molecule has 0 aliphatic carbocycles. The van der Waals surface area contributed by atoms with Crippen LogP contribution in [0.15, 0.2) is 0 Å². The molecule has 0 aromatic heterocycles. The molecule has 1 unspecified atom stereocenters. The normalized spacial score (nSPS) is 24.1. The van der Waals surface area contributed by atoms with Gasteiger partial charge in [-0.25, -0.2) is 0 Å². The number of ether oxygens (including phenoxy) is 1. The fraction of sp³-hybridized carbons (Fsp3) is 0.846. The maximum Gasteiger partial charge on any atom is 0.224 e. The molecular weight excluding hydrogens is 260 g/mol. The van der Waals surface area contributed by atoms with Gasteiger partial charge >= 0.3 is 0 Å². The lowest BCUT2D eigenvalue weighted by Gasteiger charge is -2.28. The highest BCUT2D eigenvalue weighted by Gasteiger charge is 2.30. The zero-order valence-corrected chi connectivity index (χ0v) is 11.8. The van der Waals surface area contributed by atoms with Crippen molar-refractivity contribution in [2.75, 3.05) is 52.5 Å². The minimum absolute atomic E-state index is 0.0637. The summed E-state index contributed by atoms with van der Waals surface area (Å²) in [4.78, 5) is 27.5. The molecule has 2 fully saturated rings. The molecule has 2 rings (SSSR count). The lowest BCUT2D eigenvalue weighted by molar-refractivity contribution is -0.128. The monoisotopic (exact) mass is 284 g/mol. The van der Waals surface area contributed by atoms with Crippen molar-refractivity contribution >= 4 is 11.8 Å². The number of amides is 2. The summed E-state index contributed by atoms with van der Waals surface area (Å²) in [6, 6.07) is -0.0637. The van der Waals surface area contributed by atoms with E-state index in [1.807, 2.05) is 4.90 Å². The van der Waals surface area contributed by atoms with Crippen LogP contribution in [-0.2, 0) is 14.3 Å². The van der Waals surface area contributed by atoms with Gasteiger partial charge in [0.25, 0.3) is 0 Å². The molecule has 2 aliphatic heterocycles. The third-order valence-corrected chi connectivity index (χ3v) is 3.74. The highest BCUT2D eigenvalue weighted by atomic mass is 16.5. The van der Waals surface area contributed by atoms with Crippen LogP contribution in [0, 0.1) is 0 Å². The van der Waals surface area contributed by atoms with E-state index in [9.17, 15) is 9.59 Å². The number of hydrogen-bond donors (Lipinski definition) is 2. The zero-order valence-electron chi connectivity index (χ0n) is 11.8. The predicted molar refractivity (Wildman–Crippen MR) is 74.1 cm³/mol. The van der Waals surface area contributed by atoms with Crippen LogP contribution in [0.25, 0.3) is 0 Å². The largest absolute Gasteiger partial charge is 0.379 e. The van der Waals surface area contributed by atoms with Crippen LogP contribution in [0.3, 0.4) is 0 Å². The van der Waals surface area contributed by atoms with Crippen molar-refractivity contribution in [1.29, 1.82) is 0 Å². The molecule has 2 amide bonds. The number of likely N-dealkylation sites (tertiary alicyclic amines) is 1. The maximum atomic E-state index is 11.9. The summed E-state index contributed by atoms with van der Waals surface area (Å²) in [6.07, 6.45) is 0.720. The second kappa shape index (κ2) is 7.56. The molecule has 2 heterocycles. The molecule has 7 heteroatoms. The van der Waals surface area contributed by atoms with Crippen molar-refractivity contribution in [2.45, 2.75) is 18.9 Å². The Labute approximate surface area is 119 Å². The highest BCUT2D eigenvalue weighted by molar-refractivity contribution is 5.82. The average molecular weight is 284 g/mol. The minimum atomic E-state index is -0.0691. The lowest BCUT2D eigenvalue weighted by Crippen LogP contribution is -2.43. The first-order valence-corrected chi connectivity index (χ1v) is 7.26. The molecule has 0 radical (unpaired) electrons. The molecule has 1 atom stereocenters. The van der Waals surface area contributed by atoms with Gasteiger partial charge in [0, 0.05) is 52.1 Å². The fourth-order valence-electron chi connectivity index (χ4n) is 2.60. The molecular formula is C13H24N4O3. The van der Waals surface area contributed by atoms with Gasteiger partial charge < -0.3 is 20.7 Å². The van der Waals surface area contributed by atoms with Crippen molar-refractivity contribution in [3.63, 3.8) is 0 Å². The van der Waals surface area contributed by atoms with E-state index in [1.165, 1.54) is 0 Å². The molecule has 2 aliphatic rings. The summed E-state index contributed by atoms with van der Waals surface area (Å²) in [5.41, 5.74) is 5.33. The van der Waals surface area contributed by atoms with E-state index in [4.69, 9.17) is 10.5 Å². The molecule has 0 bridgehead atoms. The van der Waals surface area contributed by atoms with Crippen molar-refractivity contribution < 1.29 is 14.3 Å². The van der Waals surface area contributed by atoms with Crippen LogP contribution in [-0.4, -0.2) is 80.1 Å². The van der Waals surface area contributed by atoms with E-state index in [0.29, 0.717) is 25.9 Å². The van der Waals surface area contributed by atoms with Gasteiger partial charge in [-0.05, 0) is 0 Å². The standard InChI is InChI=1S/C13H24N4O3/c14-2-1-12(18)15-11-9-13(19)17(10-11)4-3-16-5-7-20-8-6-16/h11H,1-10,14H2,(H,15,18). The summed E-state index contributed by atoms with van der Waals surface area (Å²) >= 11 is 0. The summed E-state index contributed by atoms with van der Waals surface area (Å²) in [6.45, 7) is 5.95. The van der Waals surface area contributed by atoms with Crippen LogP contribution < -0.4 is 11.1 Å². The Bertz CT molecular complexity index is 345. The number of hydrogen-bond acceptors (Lipinski definition) is 5. The quantitative estimate of drug-likeness (QED) is 0.612. The Morgan fingerprint density at radius 3 is 2.80 bits per heavy atom. The Hall–Kier alpha value is -1.18. The first-order chi connectivity index (χ1) is 9.69. The average Bonchev–Trinajstić information content (AvgIpc) is 2.78. The molecule has 7 nitrogen and oxygen atoms in total. The molecule has 0 saturated carbocycles. The molecule has 3 N–H and O–H groups in total. The first kappa shape index (κ1) is 15.2. The number of rotatable bonds is 6. The second-order valence-corrected chi connectivity index (χ2v) is 5.30. The van der Waals surface area contributed by atoms with Gasteiger partial charge in [-0.2, -0.15) is 0 Å². The van der Waals surface area contributed by atoms with E-state index >= 15 is 0 Å². The first-order valence-electron chi connectivity index (χ1n) is 7.26. The number of carbonyl (C=O) groups excluding carboxylic acids is 2. The van der Waals surface area contributed by atoms with Crippen molar-refractivity contribution in [2.24, 2.45) is 5.73 Å². The van der Waals surface area contributed by atoms with E-state index < -0.39 is 0 Å². The topological polar surface area (TPSA) is 87.9 Å². The van der Waals surface area contributed by atoms with Gasteiger partial charge in [0.15, 0.2) is 0 Å². The summed E-state index contributed by atoms with van der Waals surface area (Å²) in [5.74, 6) is 0.0524. The van der Waals surface area contributed by atoms with Crippen molar-refractivity contribution in [3.05, 3.63) is 0 Å². The van der Waals surface area contributed by atoms with Crippen LogP contribution in [0.1, 0.15) is 12.8 Å². The van der Waals surface area contributed by atoms with Crippen molar-refractivity contribution in [1.82, 2.24) is 15.1 Å². The predicted octanol–water partition coefficient (Wildman–Crippen LogP) is -1.62. The lowest BCUT2D eigenvalue weighted by atomic mass is 10.2. The van der Waals surface area contributed by atoms with E-state index in [0.717, 1.165) is 39.4 Å². The molecule has 0 aromatic carbocycles. The van der Waals surface area contributed by atoms with Gasteiger partial charge in [0.05, 0.1) is 19.3 Å². The van der Waals surface area contributed by atoms with Gasteiger partial charge in [-0.1, -0.05) is 0 Å². The molecule has 2 saturated heterocycles. The van der Waals surface area contributed by atoms with Gasteiger partial charge in [-0.3, -0.25) is 14.5 Å². The van der Waals surface area contributed by atoms with Gasteiger partial charge in [0.1, 0.15) is 0 Å². The highest BCUT2D eigenvalue weighted by Crippen LogP contribution is 2.11. The molecule has 114 valence electrons. The smallest absolute Gasteiger partial charge is 0.224 e. The zero-order chi connectivity index (χ0) is 14.4. The summed E-state index contributed by atoms with van der Waals surface area (Å²) in [5, 5.41) is 2.86. The Balaban J connectivity index is 1.70. The van der Waals surface area contributed by atoms with E-state index in [2.05, 4.69) is 10.2 Å². The Morgan fingerprint density at radius 1 is 1.35 bits per heavy atom. The second-order valence-electron chi connectivity index (χ2n) is 5.30. The van der Waals surface area contributed by atoms with Crippen LogP contribution >= 0.6 is 0 Å². The number of nitrogens with one attached hydrogen (secondary N) is 1. The SMILES string of the molecule is NCCC(=O)NC1CC(=O)N(CCN2CCOCC2)C1. The number of morpholine rings is 1. The van der Waals surface area contributed by atoms with E-state index in [1.54, 1.807) is 0 Å². The number of nitrogens with two attached hydrogens (primary N) is 1.